The van der Waals surface area contributed by atoms with Crippen molar-refractivity contribution in [3.05, 3.63) is 35.4 Å². The van der Waals surface area contributed by atoms with Gasteiger partial charge in [-0.05, 0) is 12.5 Å². The van der Waals surface area contributed by atoms with Gasteiger partial charge < -0.3 is 5.11 Å². The first-order valence-electron chi connectivity index (χ1n) is 4.31. The molecule has 0 heterocycles. The van der Waals surface area contributed by atoms with Crippen LogP contribution in [0.2, 0.25) is 0 Å². The zero-order chi connectivity index (χ0) is 10.8. The van der Waals surface area contributed by atoms with Crippen molar-refractivity contribution in [2.24, 2.45) is 0 Å². The summed E-state index contributed by atoms with van der Waals surface area (Å²) in [6.07, 6.45) is 0.190. The van der Waals surface area contributed by atoms with E-state index in [9.17, 15) is 13.5 Å². The number of sulfone groups is 1. The van der Waals surface area contributed by atoms with Gasteiger partial charge in [0, 0.05) is 6.26 Å². The van der Waals surface area contributed by atoms with Crippen molar-refractivity contribution >= 4 is 9.84 Å². The third-order valence-corrected chi connectivity index (χ3v) is 2.84. The molecule has 1 unspecified atom stereocenters. The molecule has 4 heteroatoms. The molecule has 1 N–H and O–H groups in total. The largest absolute Gasteiger partial charge is 0.387 e. The molecule has 0 aliphatic carbocycles. The predicted molar refractivity (Wildman–Crippen MR) is 55.8 cm³/mol. The van der Waals surface area contributed by atoms with Crippen molar-refractivity contribution in [1.29, 1.82) is 0 Å². The van der Waals surface area contributed by atoms with E-state index in [1.165, 1.54) is 0 Å². The summed E-state index contributed by atoms with van der Waals surface area (Å²) in [6.45, 7) is 1.94. The van der Waals surface area contributed by atoms with Crippen molar-refractivity contribution in [1.82, 2.24) is 0 Å². The Hall–Kier alpha value is -0.870. The lowest BCUT2D eigenvalue weighted by Crippen LogP contribution is -2.12. The molecule has 78 valence electrons. The van der Waals surface area contributed by atoms with E-state index in [4.69, 9.17) is 0 Å². The summed E-state index contributed by atoms with van der Waals surface area (Å²) in [5.41, 5.74) is 1.72. The van der Waals surface area contributed by atoms with E-state index in [-0.39, 0.29) is 5.75 Å². The van der Waals surface area contributed by atoms with Crippen LogP contribution in [0.4, 0.5) is 0 Å². The number of benzene rings is 1. The van der Waals surface area contributed by atoms with Gasteiger partial charge in [-0.3, -0.25) is 0 Å². The van der Waals surface area contributed by atoms with Gasteiger partial charge in [-0.1, -0.05) is 29.8 Å². The maximum absolute atomic E-state index is 10.9. The highest BCUT2D eigenvalue weighted by Crippen LogP contribution is 2.14. The second kappa shape index (κ2) is 4.11. The quantitative estimate of drug-likeness (QED) is 0.819. The molecule has 0 radical (unpaired) electrons. The molecule has 14 heavy (non-hydrogen) atoms. The maximum Gasteiger partial charge on any atom is 0.150 e. The van der Waals surface area contributed by atoms with Gasteiger partial charge in [-0.15, -0.1) is 0 Å². The maximum atomic E-state index is 10.9. The fraction of sp³-hybridized carbons (Fsp3) is 0.400. The summed E-state index contributed by atoms with van der Waals surface area (Å²) in [6, 6.07) is 7.18. The first-order valence-corrected chi connectivity index (χ1v) is 6.37. The highest BCUT2D eigenvalue weighted by atomic mass is 32.2. The Morgan fingerprint density at radius 2 is 1.79 bits per heavy atom. The monoisotopic (exact) mass is 214 g/mol. The Balaban J connectivity index is 2.80. The Labute approximate surface area is 84.3 Å². The minimum Gasteiger partial charge on any atom is -0.387 e. The molecule has 0 spiro atoms. The van der Waals surface area contributed by atoms with Gasteiger partial charge in [-0.2, -0.15) is 0 Å². The lowest BCUT2D eigenvalue weighted by Gasteiger charge is -2.09. The van der Waals surface area contributed by atoms with Crippen LogP contribution in [0.25, 0.3) is 0 Å². The second-order valence-corrected chi connectivity index (χ2v) is 5.70. The fourth-order valence-corrected chi connectivity index (χ4v) is 1.94. The summed E-state index contributed by atoms with van der Waals surface area (Å²) in [5.74, 6) is -0.226. The molecule has 0 amide bonds. The molecule has 0 aliphatic heterocycles. The van der Waals surface area contributed by atoms with Crippen LogP contribution in [0, 0.1) is 6.92 Å². The van der Waals surface area contributed by atoms with E-state index >= 15 is 0 Å². The molecule has 1 rings (SSSR count). The molecule has 0 aliphatic rings. The molecule has 3 nitrogen and oxygen atoms in total. The van der Waals surface area contributed by atoms with Crippen LogP contribution in [0.5, 0.6) is 0 Å². The number of aliphatic hydroxyl groups excluding tert-OH is 1. The number of hydrogen-bond donors (Lipinski definition) is 1. The summed E-state index contributed by atoms with van der Waals surface area (Å²) < 4.78 is 21.8. The minimum atomic E-state index is -3.13. The fourth-order valence-electron chi connectivity index (χ4n) is 1.17. The lowest BCUT2D eigenvalue weighted by molar-refractivity contribution is 0.202. The SMILES string of the molecule is Cc1ccc(C(O)CS(C)(=O)=O)cc1. The molecule has 1 aromatic carbocycles. The van der Waals surface area contributed by atoms with Crippen LogP contribution in [-0.2, 0) is 9.84 Å². The van der Waals surface area contributed by atoms with Gasteiger partial charge in [0.2, 0.25) is 0 Å². The summed E-state index contributed by atoms with van der Waals surface area (Å²) in [7, 11) is -3.13. The van der Waals surface area contributed by atoms with Crippen LogP contribution >= 0.6 is 0 Å². The number of aryl methyl sites for hydroxylation is 1. The van der Waals surface area contributed by atoms with Crippen LogP contribution in [-0.4, -0.2) is 25.5 Å². The van der Waals surface area contributed by atoms with Crippen molar-refractivity contribution in [3.63, 3.8) is 0 Å². The van der Waals surface area contributed by atoms with E-state index in [0.717, 1.165) is 11.8 Å². The van der Waals surface area contributed by atoms with Gasteiger partial charge in [0.25, 0.3) is 0 Å². The molecule has 0 saturated carbocycles. The summed E-state index contributed by atoms with van der Waals surface area (Å²) >= 11 is 0. The minimum absolute atomic E-state index is 0.226. The first kappa shape index (κ1) is 11.2. The normalized spacial score (nSPS) is 13.9. The van der Waals surface area contributed by atoms with E-state index in [1.807, 2.05) is 19.1 Å². The molecule has 0 aromatic heterocycles. The Morgan fingerprint density at radius 3 is 2.21 bits per heavy atom. The molecule has 0 saturated heterocycles. The lowest BCUT2D eigenvalue weighted by atomic mass is 10.1. The average Bonchev–Trinajstić information content (AvgIpc) is 2.02. The van der Waals surface area contributed by atoms with Crippen LogP contribution in [0.1, 0.15) is 17.2 Å². The third kappa shape index (κ3) is 3.47. The molecule has 0 bridgehead atoms. The number of hydrogen-bond acceptors (Lipinski definition) is 3. The van der Waals surface area contributed by atoms with Gasteiger partial charge >= 0.3 is 0 Å². The third-order valence-electron chi connectivity index (χ3n) is 1.92. The van der Waals surface area contributed by atoms with Crippen molar-refractivity contribution in [2.45, 2.75) is 13.0 Å². The Kier molecular flexibility index (Phi) is 3.29. The van der Waals surface area contributed by atoms with Crippen molar-refractivity contribution < 1.29 is 13.5 Å². The van der Waals surface area contributed by atoms with E-state index < -0.39 is 15.9 Å². The second-order valence-electron chi connectivity index (χ2n) is 3.52. The predicted octanol–water partition coefficient (Wildman–Crippen LogP) is 1.07. The van der Waals surface area contributed by atoms with E-state index in [1.54, 1.807) is 12.1 Å². The number of aliphatic hydroxyl groups is 1. The molecular formula is C10H14O3S. The summed E-state index contributed by atoms with van der Waals surface area (Å²) in [5, 5.41) is 9.57. The summed E-state index contributed by atoms with van der Waals surface area (Å²) in [4.78, 5) is 0. The number of rotatable bonds is 3. The highest BCUT2D eigenvalue weighted by molar-refractivity contribution is 7.90. The van der Waals surface area contributed by atoms with Crippen LogP contribution < -0.4 is 0 Å². The van der Waals surface area contributed by atoms with Crippen LogP contribution in [0.3, 0.4) is 0 Å². The van der Waals surface area contributed by atoms with Gasteiger partial charge in [0.05, 0.1) is 11.9 Å². The van der Waals surface area contributed by atoms with Crippen molar-refractivity contribution in [3.8, 4) is 0 Å². The molecule has 0 fully saturated rings. The van der Waals surface area contributed by atoms with Gasteiger partial charge in [0.15, 0.2) is 0 Å². The molecule has 1 aromatic rings. The smallest absolute Gasteiger partial charge is 0.150 e. The van der Waals surface area contributed by atoms with Gasteiger partial charge in [-0.25, -0.2) is 8.42 Å². The zero-order valence-corrected chi connectivity index (χ0v) is 9.08. The Morgan fingerprint density at radius 1 is 1.29 bits per heavy atom. The average molecular weight is 214 g/mol. The highest BCUT2D eigenvalue weighted by Gasteiger charge is 2.13. The molecule has 1 atom stereocenters. The topological polar surface area (TPSA) is 54.4 Å². The Bertz CT molecular complexity index is 392. The van der Waals surface area contributed by atoms with Crippen molar-refractivity contribution in [2.75, 3.05) is 12.0 Å². The van der Waals surface area contributed by atoms with Gasteiger partial charge in [0.1, 0.15) is 9.84 Å². The molecular weight excluding hydrogens is 200 g/mol. The van der Waals surface area contributed by atoms with Crippen LogP contribution in [0.15, 0.2) is 24.3 Å². The van der Waals surface area contributed by atoms with E-state index in [2.05, 4.69) is 0 Å². The van der Waals surface area contributed by atoms with E-state index in [0.29, 0.717) is 5.56 Å². The first-order chi connectivity index (χ1) is 6.38. The zero-order valence-electron chi connectivity index (χ0n) is 8.27. The standard InChI is InChI=1S/C10H14O3S/c1-8-3-5-9(6-4-8)10(11)7-14(2,12)13/h3-6,10-11H,7H2,1-2H3.